The van der Waals surface area contributed by atoms with Gasteiger partial charge >= 0.3 is 6.18 Å². The molecule has 5 heteroatoms. The standard InChI is InChI=1S/C12H13F3N2/c1-2-17(9-12(13,14)15)8-11-5-3-4-10(6-11)7-16/h3-6H,2,8-9H2,1H3. The Kier molecular flexibility index (Phi) is 4.53. The molecule has 0 aliphatic heterocycles. The molecule has 0 heterocycles. The minimum atomic E-state index is -4.19. The van der Waals surface area contributed by atoms with Crippen LogP contribution in [0.5, 0.6) is 0 Å². The van der Waals surface area contributed by atoms with Crippen LogP contribution >= 0.6 is 0 Å². The Morgan fingerprint density at radius 3 is 2.59 bits per heavy atom. The topological polar surface area (TPSA) is 27.0 Å². The van der Waals surface area contributed by atoms with Gasteiger partial charge in [-0.2, -0.15) is 18.4 Å². The average Bonchev–Trinajstić information content (AvgIpc) is 2.26. The average molecular weight is 242 g/mol. The quantitative estimate of drug-likeness (QED) is 0.811. The zero-order valence-electron chi connectivity index (χ0n) is 9.46. The Hall–Kier alpha value is -1.54. The second-order valence-electron chi connectivity index (χ2n) is 3.73. The summed E-state index contributed by atoms with van der Waals surface area (Å²) in [5.41, 5.74) is 1.18. The van der Waals surface area contributed by atoms with Crippen molar-refractivity contribution in [3.63, 3.8) is 0 Å². The molecule has 0 N–H and O–H groups in total. The van der Waals surface area contributed by atoms with Crippen LogP contribution in [-0.4, -0.2) is 24.2 Å². The summed E-state index contributed by atoms with van der Waals surface area (Å²) in [6.45, 7) is 1.27. The van der Waals surface area contributed by atoms with Crippen molar-refractivity contribution in [2.75, 3.05) is 13.1 Å². The highest BCUT2D eigenvalue weighted by atomic mass is 19.4. The second-order valence-corrected chi connectivity index (χ2v) is 3.73. The van der Waals surface area contributed by atoms with Crippen LogP contribution in [0.1, 0.15) is 18.1 Å². The van der Waals surface area contributed by atoms with E-state index in [0.717, 1.165) is 5.56 Å². The molecule has 1 rings (SSSR count). The summed E-state index contributed by atoms with van der Waals surface area (Å²) in [6, 6.07) is 8.60. The molecule has 0 amide bonds. The molecule has 92 valence electrons. The fourth-order valence-corrected chi connectivity index (χ4v) is 1.53. The normalized spacial score (nSPS) is 11.5. The predicted molar refractivity (Wildman–Crippen MR) is 58.2 cm³/mol. The molecule has 2 nitrogen and oxygen atoms in total. The number of halogens is 3. The smallest absolute Gasteiger partial charge is 0.291 e. The van der Waals surface area contributed by atoms with Gasteiger partial charge in [-0.15, -0.1) is 0 Å². The molecule has 0 atom stereocenters. The number of alkyl halides is 3. The third kappa shape index (κ3) is 4.87. The van der Waals surface area contributed by atoms with E-state index < -0.39 is 12.7 Å². The molecule has 0 aliphatic rings. The predicted octanol–water partition coefficient (Wildman–Crippen LogP) is 2.94. The third-order valence-electron chi connectivity index (χ3n) is 2.31. The molecule has 0 spiro atoms. The van der Waals surface area contributed by atoms with Crippen LogP contribution < -0.4 is 0 Å². The molecule has 0 bridgehead atoms. The number of rotatable bonds is 4. The zero-order valence-corrected chi connectivity index (χ0v) is 9.46. The van der Waals surface area contributed by atoms with E-state index in [-0.39, 0.29) is 6.54 Å². The van der Waals surface area contributed by atoms with Crippen molar-refractivity contribution in [2.24, 2.45) is 0 Å². The highest BCUT2D eigenvalue weighted by Gasteiger charge is 2.29. The maximum atomic E-state index is 12.2. The van der Waals surface area contributed by atoms with Crippen LogP contribution in [0.15, 0.2) is 24.3 Å². The first-order valence-corrected chi connectivity index (χ1v) is 5.22. The number of hydrogen-bond donors (Lipinski definition) is 0. The van der Waals surface area contributed by atoms with Crippen molar-refractivity contribution in [1.29, 1.82) is 5.26 Å². The van der Waals surface area contributed by atoms with Crippen LogP contribution in [-0.2, 0) is 6.54 Å². The van der Waals surface area contributed by atoms with Gasteiger partial charge in [0.15, 0.2) is 0 Å². The van der Waals surface area contributed by atoms with Gasteiger partial charge in [0, 0.05) is 6.54 Å². The Balaban J connectivity index is 2.71. The maximum Gasteiger partial charge on any atom is 0.401 e. The SMILES string of the molecule is CCN(Cc1cccc(C#N)c1)CC(F)(F)F. The lowest BCUT2D eigenvalue weighted by molar-refractivity contribution is -0.146. The summed E-state index contributed by atoms with van der Waals surface area (Å²) in [7, 11) is 0. The van der Waals surface area contributed by atoms with E-state index in [1.165, 1.54) is 4.90 Å². The molecule has 0 saturated heterocycles. The van der Waals surface area contributed by atoms with Crippen LogP contribution in [0.4, 0.5) is 13.2 Å². The van der Waals surface area contributed by atoms with Crippen LogP contribution in [0.2, 0.25) is 0 Å². The first-order chi connectivity index (χ1) is 7.94. The third-order valence-corrected chi connectivity index (χ3v) is 2.31. The van der Waals surface area contributed by atoms with Crippen molar-refractivity contribution >= 4 is 0 Å². The van der Waals surface area contributed by atoms with Gasteiger partial charge < -0.3 is 0 Å². The van der Waals surface area contributed by atoms with Gasteiger partial charge in [0.05, 0.1) is 18.2 Å². The van der Waals surface area contributed by atoms with Gasteiger partial charge in [-0.05, 0) is 24.2 Å². The lowest BCUT2D eigenvalue weighted by atomic mass is 10.1. The summed E-state index contributed by atoms with van der Waals surface area (Å²) in [4.78, 5) is 1.29. The maximum absolute atomic E-state index is 12.2. The molecule has 1 aromatic carbocycles. The number of nitriles is 1. The molecular formula is C12H13F3N2. The molecule has 0 unspecified atom stereocenters. The van der Waals surface area contributed by atoms with Crippen LogP contribution in [0.3, 0.4) is 0 Å². The molecular weight excluding hydrogens is 229 g/mol. The zero-order chi connectivity index (χ0) is 12.9. The Labute approximate surface area is 98.3 Å². The summed E-state index contributed by atoms with van der Waals surface area (Å²) in [5.74, 6) is 0. The molecule has 0 aliphatic carbocycles. The van der Waals surface area contributed by atoms with Crippen LogP contribution in [0.25, 0.3) is 0 Å². The van der Waals surface area contributed by atoms with E-state index in [9.17, 15) is 13.2 Å². The van der Waals surface area contributed by atoms with Gasteiger partial charge in [-0.1, -0.05) is 19.1 Å². The van der Waals surface area contributed by atoms with Gasteiger partial charge in [0.25, 0.3) is 0 Å². The van der Waals surface area contributed by atoms with Crippen LogP contribution in [0, 0.1) is 11.3 Å². The molecule has 0 radical (unpaired) electrons. The largest absolute Gasteiger partial charge is 0.401 e. The summed E-state index contributed by atoms with van der Waals surface area (Å²) in [5, 5.41) is 8.70. The first kappa shape index (κ1) is 13.5. The fourth-order valence-electron chi connectivity index (χ4n) is 1.53. The first-order valence-electron chi connectivity index (χ1n) is 5.22. The van der Waals surface area contributed by atoms with Crippen molar-refractivity contribution in [1.82, 2.24) is 4.90 Å². The minimum absolute atomic E-state index is 0.200. The van der Waals surface area contributed by atoms with Gasteiger partial charge in [-0.25, -0.2) is 0 Å². The lowest BCUT2D eigenvalue weighted by Crippen LogP contribution is -2.33. The lowest BCUT2D eigenvalue weighted by Gasteiger charge is -2.21. The van der Waals surface area contributed by atoms with Crippen molar-refractivity contribution < 1.29 is 13.2 Å². The highest BCUT2D eigenvalue weighted by Crippen LogP contribution is 2.18. The van der Waals surface area contributed by atoms with E-state index in [0.29, 0.717) is 12.1 Å². The molecule has 17 heavy (non-hydrogen) atoms. The Morgan fingerprint density at radius 2 is 2.06 bits per heavy atom. The molecule has 0 aromatic heterocycles. The van der Waals surface area contributed by atoms with Gasteiger partial charge in [-0.3, -0.25) is 4.90 Å². The second kappa shape index (κ2) is 5.69. The number of benzene rings is 1. The Bertz CT molecular complexity index is 407. The molecule has 1 aromatic rings. The van der Waals surface area contributed by atoms with Crippen molar-refractivity contribution in [2.45, 2.75) is 19.6 Å². The van der Waals surface area contributed by atoms with Gasteiger partial charge in [0.2, 0.25) is 0 Å². The summed E-state index contributed by atoms with van der Waals surface area (Å²) in [6.07, 6.45) is -4.19. The van der Waals surface area contributed by atoms with E-state index in [1.807, 2.05) is 6.07 Å². The Morgan fingerprint density at radius 1 is 1.35 bits per heavy atom. The summed E-state index contributed by atoms with van der Waals surface area (Å²) < 4.78 is 36.7. The number of hydrogen-bond acceptors (Lipinski definition) is 2. The number of nitrogens with zero attached hydrogens (tertiary/aromatic N) is 2. The van der Waals surface area contributed by atoms with E-state index in [2.05, 4.69) is 0 Å². The minimum Gasteiger partial charge on any atom is -0.291 e. The van der Waals surface area contributed by atoms with E-state index >= 15 is 0 Å². The highest BCUT2D eigenvalue weighted by molar-refractivity contribution is 5.32. The summed E-state index contributed by atoms with van der Waals surface area (Å²) >= 11 is 0. The molecule has 0 saturated carbocycles. The molecule has 0 fully saturated rings. The van der Waals surface area contributed by atoms with Crippen molar-refractivity contribution in [3.05, 3.63) is 35.4 Å². The van der Waals surface area contributed by atoms with E-state index in [4.69, 9.17) is 5.26 Å². The monoisotopic (exact) mass is 242 g/mol. The fraction of sp³-hybridized carbons (Fsp3) is 0.417. The van der Waals surface area contributed by atoms with Crippen molar-refractivity contribution in [3.8, 4) is 6.07 Å². The van der Waals surface area contributed by atoms with E-state index in [1.54, 1.807) is 31.2 Å². The van der Waals surface area contributed by atoms with Gasteiger partial charge in [0.1, 0.15) is 0 Å².